The fraction of sp³-hybridized carbons (Fsp3) is 0.444. The first-order valence-corrected chi connectivity index (χ1v) is 12.0. The number of carbonyl (C=O) groups excluding carboxylic acids is 2. The lowest BCUT2D eigenvalue weighted by Crippen LogP contribution is -2.51. The SMILES string of the molecule is CC(C)(CC(=O)NC1CCOCC1CC(=O)O)NC(=O)OCC1c2ccccc2-c2ccccc21. The molecule has 1 heterocycles. The van der Waals surface area contributed by atoms with Crippen molar-refractivity contribution in [1.29, 1.82) is 0 Å². The van der Waals surface area contributed by atoms with E-state index in [1.165, 1.54) is 0 Å². The lowest BCUT2D eigenvalue weighted by Gasteiger charge is -2.32. The zero-order chi connectivity index (χ0) is 25.0. The minimum absolute atomic E-state index is 0.0361. The first-order chi connectivity index (χ1) is 16.7. The number of carboxylic acid groups (broad SMARTS) is 1. The summed E-state index contributed by atoms with van der Waals surface area (Å²) in [5.41, 5.74) is 3.73. The summed E-state index contributed by atoms with van der Waals surface area (Å²) < 4.78 is 11.0. The van der Waals surface area contributed by atoms with Crippen molar-refractivity contribution in [3.05, 3.63) is 59.7 Å². The highest BCUT2D eigenvalue weighted by atomic mass is 16.5. The molecule has 4 rings (SSSR count). The highest BCUT2D eigenvalue weighted by Crippen LogP contribution is 2.44. The third-order valence-corrected chi connectivity index (χ3v) is 6.64. The monoisotopic (exact) mass is 480 g/mol. The van der Waals surface area contributed by atoms with Gasteiger partial charge in [-0.15, -0.1) is 0 Å². The molecule has 8 nitrogen and oxygen atoms in total. The van der Waals surface area contributed by atoms with E-state index in [1.54, 1.807) is 13.8 Å². The van der Waals surface area contributed by atoms with Gasteiger partial charge in [0.15, 0.2) is 0 Å². The number of fused-ring (bicyclic) bond motifs is 3. The van der Waals surface area contributed by atoms with E-state index in [4.69, 9.17) is 14.6 Å². The van der Waals surface area contributed by atoms with Crippen LogP contribution in [0.2, 0.25) is 0 Å². The molecule has 186 valence electrons. The first-order valence-electron chi connectivity index (χ1n) is 12.0. The number of nitrogens with one attached hydrogen (secondary N) is 2. The van der Waals surface area contributed by atoms with Crippen molar-refractivity contribution >= 4 is 18.0 Å². The Kier molecular flexibility index (Phi) is 7.40. The predicted molar refractivity (Wildman–Crippen MR) is 130 cm³/mol. The molecule has 2 amide bonds. The van der Waals surface area contributed by atoms with Crippen molar-refractivity contribution in [2.24, 2.45) is 5.92 Å². The van der Waals surface area contributed by atoms with Crippen molar-refractivity contribution in [1.82, 2.24) is 10.6 Å². The molecule has 1 saturated heterocycles. The van der Waals surface area contributed by atoms with E-state index in [2.05, 4.69) is 34.9 Å². The van der Waals surface area contributed by atoms with Crippen molar-refractivity contribution in [2.45, 2.75) is 50.6 Å². The van der Waals surface area contributed by atoms with Gasteiger partial charge in [-0.2, -0.15) is 0 Å². The van der Waals surface area contributed by atoms with Crippen molar-refractivity contribution in [3.63, 3.8) is 0 Å². The van der Waals surface area contributed by atoms with E-state index >= 15 is 0 Å². The molecule has 0 aromatic heterocycles. The molecule has 3 N–H and O–H groups in total. The zero-order valence-corrected chi connectivity index (χ0v) is 20.1. The van der Waals surface area contributed by atoms with Gasteiger partial charge in [-0.1, -0.05) is 48.5 Å². The average molecular weight is 481 g/mol. The molecule has 0 bridgehead atoms. The Balaban J connectivity index is 1.31. The average Bonchev–Trinajstić information content (AvgIpc) is 3.12. The maximum Gasteiger partial charge on any atom is 0.407 e. The van der Waals surface area contributed by atoms with Crippen LogP contribution in [0.5, 0.6) is 0 Å². The maximum absolute atomic E-state index is 12.7. The molecule has 1 aliphatic heterocycles. The van der Waals surface area contributed by atoms with Crippen LogP contribution in [-0.2, 0) is 19.1 Å². The highest BCUT2D eigenvalue weighted by Gasteiger charge is 2.33. The Morgan fingerprint density at radius 3 is 2.31 bits per heavy atom. The molecule has 1 aliphatic carbocycles. The van der Waals surface area contributed by atoms with Crippen LogP contribution in [0.1, 0.15) is 50.2 Å². The standard InChI is InChI=1S/C27H32N2O6/c1-27(2,14-24(30)28-23-11-12-34-15-17(23)13-25(31)32)29-26(33)35-16-22-20-9-5-3-7-18(20)19-8-4-6-10-21(19)22/h3-10,17,22-23H,11-16H2,1-2H3,(H,28,30)(H,29,33)(H,31,32). The number of ether oxygens (including phenoxy) is 2. The molecule has 2 aromatic rings. The molecule has 35 heavy (non-hydrogen) atoms. The quantitative estimate of drug-likeness (QED) is 0.531. The zero-order valence-electron chi connectivity index (χ0n) is 20.1. The fourth-order valence-electron chi connectivity index (χ4n) is 5.03. The van der Waals surface area contributed by atoms with Gasteiger partial charge >= 0.3 is 12.1 Å². The lowest BCUT2D eigenvalue weighted by atomic mass is 9.91. The van der Waals surface area contributed by atoms with Gasteiger partial charge in [-0.05, 0) is 42.5 Å². The van der Waals surface area contributed by atoms with Crippen LogP contribution in [0.4, 0.5) is 4.79 Å². The summed E-state index contributed by atoms with van der Waals surface area (Å²) in [6, 6.07) is 16.0. The number of amides is 2. The molecule has 0 spiro atoms. The van der Waals surface area contributed by atoms with Crippen LogP contribution >= 0.6 is 0 Å². The normalized spacial score (nSPS) is 19.4. The summed E-state index contributed by atoms with van der Waals surface area (Å²) in [5.74, 6) is -1.49. The number of carbonyl (C=O) groups is 3. The molecule has 2 unspecified atom stereocenters. The summed E-state index contributed by atoms with van der Waals surface area (Å²) in [7, 11) is 0. The van der Waals surface area contributed by atoms with Crippen LogP contribution in [0.15, 0.2) is 48.5 Å². The fourth-order valence-corrected chi connectivity index (χ4v) is 5.03. The highest BCUT2D eigenvalue weighted by molar-refractivity contribution is 5.80. The number of carboxylic acids is 1. The van der Waals surface area contributed by atoms with E-state index < -0.39 is 17.6 Å². The van der Waals surface area contributed by atoms with Crippen LogP contribution in [0.25, 0.3) is 11.1 Å². The minimum atomic E-state index is -0.919. The van der Waals surface area contributed by atoms with E-state index in [0.717, 1.165) is 22.3 Å². The third-order valence-electron chi connectivity index (χ3n) is 6.64. The number of hydrogen-bond donors (Lipinski definition) is 3. The smallest absolute Gasteiger partial charge is 0.407 e. The molecule has 1 fully saturated rings. The Morgan fingerprint density at radius 2 is 1.69 bits per heavy atom. The Bertz CT molecular complexity index is 1050. The Hall–Kier alpha value is -3.39. The lowest BCUT2D eigenvalue weighted by molar-refractivity contribution is -0.140. The summed E-state index contributed by atoms with van der Waals surface area (Å²) in [4.78, 5) is 36.4. The summed E-state index contributed by atoms with van der Waals surface area (Å²) in [5, 5.41) is 14.8. The van der Waals surface area contributed by atoms with Crippen molar-refractivity contribution in [2.75, 3.05) is 19.8 Å². The summed E-state index contributed by atoms with van der Waals surface area (Å²) in [6.07, 6.45) is -0.0515. The number of aliphatic carboxylic acids is 1. The first kappa shape index (κ1) is 24.7. The molecule has 2 atom stereocenters. The molecule has 0 saturated carbocycles. The molecule has 8 heteroatoms. The molecule has 0 radical (unpaired) electrons. The van der Waals surface area contributed by atoms with Crippen LogP contribution in [0, 0.1) is 5.92 Å². The largest absolute Gasteiger partial charge is 0.481 e. The van der Waals surface area contributed by atoms with Gasteiger partial charge in [-0.3, -0.25) is 9.59 Å². The van der Waals surface area contributed by atoms with Crippen molar-refractivity contribution in [3.8, 4) is 11.1 Å². The number of alkyl carbamates (subject to hydrolysis) is 1. The van der Waals surface area contributed by atoms with E-state index in [-0.39, 0.29) is 43.2 Å². The molecule has 2 aliphatic rings. The molecule has 2 aromatic carbocycles. The maximum atomic E-state index is 12.7. The second kappa shape index (κ2) is 10.5. The third kappa shape index (κ3) is 6.00. The number of hydrogen-bond acceptors (Lipinski definition) is 5. The van der Waals surface area contributed by atoms with Crippen LogP contribution in [-0.4, -0.2) is 54.5 Å². The summed E-state index contributed by atoms with van der Waals surface area (Å²) in [6.45, 7) is 4.49. The predicted octanol–water partition coefficient (Wildman–Crippen LogP) is 3.69. The van der Waals surface area contributed by atoms with Gasteiger partial charge in [-0.25, -0.2) is 4.79 Å². The van der Waals surface area contributed by atoms with Gasteiger partial charge in [0.25, 0.3) is 0 Å². The second-order valence-corrected chi connectivity index (χ2v) is 9.91. The Labute approximate surface area is 205 Å². The van der Waals surface area contributed by atoms with Gasteiger partial charge in [0.05, 0.1) is 13.0 Å². The number of benzene rings is 2. The number of rotatable bonds is 8. The van der Waals surface area contributed by atoms with Crippen LogP contribution in [0.3, 0.4) is 0 Å². The molecular weight excluding hydrogens is 448 g/mol. The Morgan fingerprint density at radius 1 is 1.06 bits per heavy atom. The van der Waals surface area contributed by atoms with Gasteiger partial charge in [0.1, 0.15) is 6.61 Å². The van der Waals surface area contributed by atoms with Gasteiger partial charge < -0.3 is 25.2 Å². The second-order valence-electron chi connectivity index (χ2n) is 9.91. The molecular formula is C27H32N2O6. The minimum Gasteiger partial charge on any atom is -0.481 e. The topological polar surface area (TPSA) is 114 Å². The van der Waals surface area contributed by atoms with Crippen LogP contribution < -0.4 is 10.6 Å². The van der Waals surface area contributed by atoms with E-state index in [0.29, 0.717) is 19.6 Å². The van der Waals surface area contributed by atoms with E-state index in [1.807, 2.05) is 24.3 Å². The van der Waals surface area contributed by atoms with Gasteiger partial charge in [0, 0.05) is 36.4 Å². The van der Waals surface area contributed by atoms with Crippen molar-refractivity contribution < 1.29 is 29.0 Å². The van der Waals surface area contributed by atoms with Gasteiger partial charge in [0.2, 0.25) is 5.91 Å². The van der Waals surface area contributed by atoms with E-state index in [9.17, 15) is 14.4 Å². The summed E-state index contributed by atoms with van der Waals surface area (Å²) >= 11 is 0.